The van der Waals surface area contributed by atoms with E-state index in [0.29, 0.717) is 19.8 Å². The van der Waals surface area contributed by atoms with Crippen molar-refractivity contribution in [2.75, 3.05) is 13.7 Å². The number of hydrogen-bond acceptors (Lipinski definition) is 5. The highest BCUT2D eigenvalue weighted by molar-refractivity contribution is 5.45. The Morgan fingerprint density at radius 3 is 2.33 bits per heavy atom. The van der Waals surface area contributed by atoms with Crippen LogP contribution in [-0.4, -0.2) is 32.2 Å². The van der Waals surface area contributed by atoms with Crippen LogP contribution in [0.5, 0.6) is 11.5 Å². The molecule has 0 unspecified atom stereocenters. The van der Waals surface area contributed by atoms with Crippen molar-refractivity contribution in [1.82, 2.24) is 0 Å². The van der Waals surface area contributed by atoms with E-state index in [1.54, 1.807) is 7.11 Å². The van der Waals surface area contributed by atoms with Crippen LogP contribution in [0.25, 0.3) is 0 Å². The lowest BCUT2D eigenvalue weighted by Gasteiger charge is -2.38. The van der Waals surface area contributed by atoms with Crippen molar-refractivity contribution in [3.8, 4) is 11.5 Å². The lowest BCUT2D eigenvalue weighted by atomic mass is 9.96. The van der Waals surface area contributed by atoms with Crippen LogP contribution in [0.15, 0.2) is 90.5 Å². The summed E-state index contributed by atoms with van der Waals surface area (Å²) in [6, 6.07) is 26.2. The molecule has 3 aromatic rings. The van der Waals surface area contributed by atoms with Gasteiger partial charge in [0.2, 0.25) is 6.29 Å². The molecule has 0 spiro atoms. The van der Waals surface area contributed by atoms with Gasteiger partial charge in [0.1, 0.15) is 23.7 Å². The van der Waals surface area contributed by atoms with Gasteiger partial charge in [-0.25, -0.2) is 0 Å². The van der Waals surface area contributed by atoms with Crippen molar-refractivity contribution in [2.24, 2.45) is 0 Å². The summed E-state index contributed by atoms with van der Waals surface area (Å²) in [7, 11) is 1.67. The molecule has 0 fully saturated rings. The van der Waals surface area contributed by atoms with Crippen molar-refractivity contribution in [2.45, 2.75) is 38.1 Å². The Hall–Kier alpha value is -3.12. The molecule has 0 amide bonds. The van der Waals surface area contributed by atoms with E-state index < -0.39 is 6.29 Å². The number of ether oxygens (including phenoxy) is 5. The van der Waals surface area contributed by atoms with Crippen molar-refractivity contribution in [1.29, 1.82) is 0 Å². The van der Waals surface area contributed by atoms with Gasteiger partial charge in [-0.15, -0.1) is 0 Å². The second-order valence-electron chi connectivity index (χ2n) is 8.28. The Labute approximate surface area is 194 Å². The molecule has 33 heavy (non-hydrogen) atoms. The van der Waals surface area contributed by atoms with Crippen molar-refractivity contribution >= 4 is 0 Å². The smallest absolute Gasteiger partial charge is 0.223 e. The summed E-state index contributed by atoms with van der Waals surface area (Å²) in [4.78, 5) is 0. The highest BCUT2D eigenvalue weighted by Gasteiger charge is 2.37. The van der Waals surface area contributed by atoms with Crippen molar-refractivity contribution < 1.29 is 23.7 Å². The Morgan fingerprint density at radius 2 is 1.61 bits per heavy atom. The highest BCUT2D eigenvalue weighted by atomic mass is 16.7. The topological polar surface area (TPSA) is 46.2 Å². The third-order valence-electron chi connectivity index (χ3n) is 5.92. The van der Waals surface area contributed by atoms with Crippen LogP contribution in [0.2, 0.25) is 0 Å². The van der Waals surface area contributed by atoms with Gasteiger partial charge in [-0.2, -0.15) is 0 Å². The normalized spacial score (nSPS) is 21.4. The molecule has 3 aromatic carbocycles. The molecule has 0 aromatic heterocycles. The fourth-order valence-electron chi connectivity index (χ4n) is 4.16. The Balaban J connectivity index is 1.31. The van der Waals surface area contributed by atoms with E-state index >= 15 is 0 Å². The Kier molecular flexibility index (Phi) is 6.72. The Morgan fingerprint density at radius 1 is 0.879 bits per heavy atom. The standard InChI is InChI=1S/C28H28O5/c1-29-24-12-13-25-22(15-24)14-23-16-26(31-18-21-10-6-3-7-11-21)27(33-28(23)32-25)19-30-17-20-8-4-2-5-9-20/h2-13,15-16,26-28H,14,17-19H2,1H3/t26-,27+,28+/m0/s1. The molecule has 170 valence electrons. The number of benzene rings is 3. The average Bonchev–Trinajstić information content (AvgIpc) is 2.87. The molecule has 5 heteroatoms. The van der Waals surface area contributed by atoms with Crippen LogP contribution < -0.4 is 9.47 Å². The van der Waals surface area contributed by atoms with Gasteiger partial charge in [0.25, 0.3) is 0 Å². The number of fused-ring (bicyclic) bond motifs is 2. The molecule has 0 saturated carbocycles. The van der Waals surface area contributed by atoms with Gasteiger partial charge in [0, 0.05) is 17.6 Å². The van der Waals surface area contributed by atoms with Crippen LogP contribution >= 0.6 is 0 Å². The first-order chi connectivity index (χ1) is 16.3. The molecule has 5 nitrogen and oxygen atoms in total. The maximum absolute atomic E-state index is 6.37. The van der Waals surface area contributed by atoms with Gasteiger partial charge in [-0.3, -0.25) is 0 Å². The molecule has 0 saturated heterocycles. The minimum Gasteiger partial charge on any atom is -0.497 e. The molecule has 0 N–H and O–H groups in total. The summed E-state index contributed by atoms with van der Waals surface area (Å²) in [5.41, 5.74) is 4.40. The van der Waals surface area contributed by atoms with Crippen LogP contribution in [0.3, 0.4) is 0 Å². The molecular formula is C28H28O5. The van der Waals surface area contributed by atoms with Gasteiger partial charge in [0.15, 0.2) is 0 Å². The second-order valence-corrected chi connectivity index (χ2v) is 8.28. The van der Waals surface area contributed by atoms with Gasteiger partial charge in [0.05, 0.1) is 26.9 Å². The number of hydrogen-bond donors (Lipinski definition) is 0. The lowest BCUT2D eigenvalue weighted by molar-refractivity contribution is -0.173. The molecule has 0 radical (unpaired) electrons. The van der Waals surface area contributed by atoms with E-state index in [9.17, 15) is 0 Å². The minimum absolute atomic E-state index is 0.233. The van der Waals surface area contributed by atoms with Gasteiger partial charge in [-0.05, 0) is 35.4 Å². The van der Waals surface area contributed by atoms with Gasteiger partial charge >= 0.3 is 0 Å². The highest BCUT2D eigenvalue weighted by Crippen LogP contribution is 2.37. The van der Waals surface area contributed by atoms with Crippen LogP contribution in [0, 0.1) is 0 Å². The van der Waals surface area contributed by atoms with E-state index in [4.69, 9.17) is 23.7 Å². The van der Waals surface area contributed by atoms with Crippen molar-refractivity contribution in [3.05, 3.63) is 107 Å². The number of methoxy groups -OCH3 is 1. The monoisotopic (exact) mass is 444 g/mol. The summed E-state index contributed by atoms with van der Waals surface area (Å²) < 4.78 is 30.2. The predicted octanol–water partition coefficient (Wildman–Crippen LogP) is 5.08. The maximum atomic E-state index is 6.37. The first-order valence-electron chi connectivity index (χ1n) is 11.3. The molecule has 0 bridgehead atoms. The zero-order valence-corrected chi connectivity index (χ0v) is 18.7. The molecule has 3 atom stereocenters. The summed E-state index contributed by atoms with van der Waals surface area (Å²) in [5.74, 6) is 1.64. The van der Waals surface area contributed by atoms with E-state index in [0.717, 1.165) is 40.2 Å². The summed E-state index contributed by atoms with van der Waals surface area (Å²) in [5, 5.41) is 0. The second kappa shape index (κ2) is 10.2. The summed E-state index contributed by atoms with van der Waals surface area (Å²) in [6.45, 7) is 1.44. The predicted molar refractivity (Wildman–Crippen MR) is 125 cm³/mol. The third kappa shape index (κ3) is 5.28. The Bertz CT molecular complexity index is 1080. The molecule has 2 aliphatic rings. The first kappa shape index (κ1) is 21.7. The van der Waals surface area contributed by atoms with Crippen LogP contribution in [0.1, 0.15) is 16.7 Å². The molecule has 2 heterocycles. The van der Waals surface area contributed by atoms with Gasteiger partial charge < -0.3 is 23.7 Å². The van der Waals surface area contributed by atoms with E-state index in [2.05, 4.69) is 30.3 Å². The van der Waals surface area contributed by atoms with E-state index in [-0.39, 0.29) is 12.2 Å². The maximum Gasteiger partial charge on any atom is 0.223 e. The fraction of sp³-hybridized carbons (Fsp3) is 0.286. The fourth-order valence-corrected chi connectivity index (χ4v) is 4.16. The quantitative estimate of drug-likeness (QED) is 0.453. The molecular weight excluding hydrogens is 416 g/mol. The molecule has 5 rings (SSSR count). The van der Waals surface area contributed by atoms with Crippen LogP contribution in [0.4, 0.5) is 0 Å². The number of rotatable bonds is 8. The van der Waals surface area contributed by atoms with E-state index in [1.165, 1.54) is 0 Å². The van der Waals surface area contributed by atoms with Crippen LogP contribution in [-0.2, 0) is 33.8 Å². The SMILES string of the molecule is COc1ccc2c(c1)CC1=C[C@H](OCc3ccccc3)[C@@H](COCc3ccccc3)O[C@H]1O2. The third-order valence-corrected chi connectivity index (χ3v) is 5.92. The zero-order chi connectivity index (χ0) is 22.5. The molecule has 2 aliphatic heterocycles. The molecule has 0 aliphatic carbocycles. The lowest BCUT2D eigenvalue weighted by Crippen LogP contribution is -2.45. The minimum atomic E-state index is -0.437. The zero-order valence-electron chi connectivity index (χ0n) is 18.7. The average molecular weight is 445 g/mol. The largest absolute Gasteiger partial charge is 0.497 e. The van der Waals surface area contributed by atoms with Crippen molar-refractivity contribution in [3.63, 3.8) is 0 Å². The summed E-state index contributed by atoms with van der Waals surface area (Å²) in [6.07, 6.45) is 1.94. The first-order valence-corrected chi connectivity index (χ1v) is 11.3. The van der Waals surface area contributed by atoms with Gasteiger partial charge in [-0.1, -0.05) is 60.7 Å². The summed E-state index contributed by atoms with van der Waals surface area (Å²) >= 11 is 0. The van der Waals surface area contributed by atoms with E-state index in [1.807, 2.05) is 54.6 Å².